The zero-order valence-electron chi connectivity index (χ0n) is 42.1. The molecule has 362 valence electrons. The number of ketones is 1. The van der Waals surface area contributed by atoms with Gasteiger partial charge in [0.05, 0.1) is 44.7 Å². The number of ether oxygens (including phenoxy) is 4. The number of hydrogen-bond donors (Lipinski definition) is 0. The quantitative estimate of drug-likeness (QED) is 0.126. The molecule has 0 unspecified atom stereocenters. The number of nitrogens with zero attached hydrogens (tertiary/aromatic N) is 5. The van der Waals surface area contributed by atoms with Crippen LogP contribution < -0.4 is 0 Å². The summed E-state index contributed by atoms with van der Waals surface area (Å²) in [6.07, 6.45) is 16.7. The van der Waals surface area contributed by atoms with E-state index in [4.69, 9.17) is 18.9 Å². The molecule has 1 saturated carbocycles. The molecule has 0 N–H and O–H groups in total. The molecule has 11 heteroatoms. The van der Waals surface area contributed by atoms with Crippen molar-refractivity contribution in [3.63, 3.8) is 0 Å². The number of hydrogen-bond acceptors (Lipinski definition) is 10. The van der Waals surface area contributed by atoms with Crippen LogP contribution >= 0.6 is 0 Å². The number of amides is 1. The van der Waals surface area contributed by atoms with Crippen molar-refractivity contribution in [2.75, 3.05) is 125 Å². The van der Waals surface area contributed by atoms with Gasteiger partial charge in [0.15, 0.2) is 0 Å². The fourth-order valence-electron chi connectivity index (χ4n) is 7.70. The summed E-state index contributed by atoms with van der Waals surface area (Å²) in [5.41, 5.74) is 0. The first-order valence-electron chi connectivity index (χ1n) is 25.2. The Balaban J connectivity index is 0.000000383. The first-order chi connectivity index (χ1) is 29.1. The lowest BCUT2D eigenvalue weighted by atomic mass is 10.0. The Labute approximate surface area is 377 Å². The van der Waals surface area contributed by atoms with Gasteiger partial charge in [-0.25, -0.2) is 0 Å². The molecule has 0 aromatic rings. The highest BCUT2D eigenvalue weighted by Crippen LogP contribution is 2.21. The van der Waals surface area contributed by atoms with Crippen molar-refractivity contribution in [2.45, 2.75) is 171 Å². The highest BCUT2D eigenvalue weighted by atomic mass is 16.5. The van der Waals surface area contributed by atoms with E-state index < -0.39 is 0 Å². The largest absolute Gasteiger partial charge is 0.379 e. The van der Waals surface area contributed by atoms with E-state index in [0.29, 0.717) is 47.8 Å². The number of piperidine rings is 1. The zero-order chi connectivity index (χ0) is 45.3. The van der Waals surface area contributed by atoms with Gasteiger partial charge in [0.2, 0.25) is 5.91 Å². The number of morpholine rings is 1. The lowest BCUT2D eigenvalue weighted by Crippen LogP contribution is -2.47. The van der Waals surface area contributed by atoms with Gasteiger partial charge in [0, 0.05) is 84.8 Å². The van der Waals surface area contributed by atoms with Crippen LogP contribution in [0.5, 0.6) is 0 Å². The van der Waals surface area contributed by atoms with Crippen LogP contribution in [0, 0.1) is 17.8 Å². The molecule has 5 fully saturated rings. The van der Waals surface area contributed by atoms with Gasteiger partial charge < -0.3 is 38.5 Å². The number of Topliss-reactive ketones (excluding diaryl/α,β-unsaturated/α-hetero) is 1. The van der Waals surface area contributed by atoms with Gasteiger partial charge in [0.25, 0.3) is 0 Å². The maximum atomic E-state index is 11.7. The van der Waals surface area contributed by atoms with Crippen LogP contribution in [0.1, 0.15) is 153 Å². The van der Waals surface area contributed by atoms with Crippen molar-refractivity contribution in [3.8, 4) is 0 Å². The van der Waals surface area contributed by atoms with Gasteiger partial charge in [-0.2, -0.15) is 0 Å². The second-order valence-electron chi connectivity index (χ2n) is 19.9. The summed E-state index contributed by atoms with van der Waals surface area (Å²) in [5.74, 6) is 2.62. The minimum Gasteiger partial charge on any atom is -0.379 e. The van der Waals surface area contributed by atoms with Gasteiger partial charge >= 0.3 is 0 Å². The summed E-state index contributed by atoms with van der Waals surface area (Å²) in [4.78, 5) is 34.7. The molecular weight excluding hydrogens is 767 g/mol. The molecule has 0 radical (unpaired) electrons. The van der Waals surface area contributed by atoms with E-state index in [-0.39, 0.29) is 0 Å². The minimum absolute atomic E-state index is 0.340. The molecule has 4 saturated heterocycles. The minimum atomic E-state index is 0.340. The molecule has 0 bridgehead atoms. The zero-order valence-corrected chi connectivity index (χ0v) is 42.1. The van der Waals surface area contributed by atoms with Gasteiger partial charge in [-0.3, -0.25) is 14.5 Å². The number of likely N-dealkylation sites (N-methyl/N-ethyl adjacent to an activating group) is 1. The molecule has 4 heterocycles. The SMILES string of the molecule is CC(C)CC(=O)CCN1CCCCC1.CC(C)CCC(=O)N1CCN(C)CC1.CC(C)COC1CCCC1.CC(C)OCCN1CCCC1.CC(C)OCCN1CCOCC1. The van der Waals surface area contributed by atoms with Crippen LogP contribution in [0.2, 0.25) is 0 Å². The van der Waals surface area contributed by atoms with E-state index in [0.717, 1.165) is 118 Å². The van der Waals surface area contributed by atoms with E-state index in [1.807, 2.05) is 4.90 Å². The first-order valence-corrected chi connectivity index (χ1v) is 25.2. The van der Waals surface area contributed by atoms with E-state index in [2.05, 4.69) is 95.9 Å². The molecule has 61 heavy (non-hydrogen) atoms. The van der Waals surface area contributed by atoms with Gasteiger partial charge in [0.1, 0.15) is 5.78 Å². The molecule has 1 amide bonds. The van der Waals surface area contributed by atoms with Crippen molar-refractivity contribution >= 4 is 11.7 Å². The predicted molar refractivity (Wildman–Crippen MR) is 256 cm³/mol. The van der Waals surface area contributed by atoms with Crippen LogP contribution in [0.4, 0.5) is 0 Å². The van der Waals surface area contributed by atoms with E-state index in [1.54, 1.807) is 0 Å². The number of piperazine rings is 1. The van der Waals surface area contributed by atoms with Crippen molar-refractivity contribution < 1.29 is 28.5 Å². The summed E-state index contributed by atoms with van der Waals surface area (Å²) in [6.45, 7) is 39.8. The predicted octanol–water partition coefficient (Wildman–Crippen LogP) is 8.53. The Bertz CT molecular complexity index is 1010. The third-order valence-corrected chi connectivity index (χ3v) is 11.6. The number of carbonyl (C=O) groups excluding carboxylic acids is 2. The summed E-state index contributed by atoms with van der Waals surface area (Å²) >= 11 is 0. The van der Waals surface area contributed by atoms with Crippen LogP contribution in [0.3, 0.4) is 0 Å². The normalized spacial score (nSPS) is 19.6. The molecular formula is C50H101N5O6. The third kappa shape index (κ3) is 34.8. The smallest absolute Gasteiger partial charge is 0.222 e. The average Bonchev–Trinajstić information content (AvgIpc) is 3.96. The Kier molecular flexibility index (Phi) is 35.2. The summed E-state index contributed by atoms with van der Waals surface area (Å²) < 4.78 is 21.8. The van der Waals surface area contributed by atoms with E-state index in [1.165, 1.54) is 84.0 Å². The number of rotatable bonds is 19. The van der Waals surface area contributed by atoms with Crippen molar-refractivity contribution in [1.29, 1.82) is 0 Å². The molecule has 0 aromatic heterocycles. The molecule has 5 rings (SSSR count). The van der Waals surface area contributed by atoms with Crippen LogP contribution in [0.15, 0.2) is 0 Å². The summed E-state index contributed by atoms with van der Waals surface area (Å²) in [6, 6.07) is 0. The average molecular weight is 868 g/mol. The lowest BCUT2D eigenvalue weighted by Gasteiger charge is -2.32. The molecule has 11 nitrogen and oxygen atoms in total. The van der Waals surface area contributed by atoms with Gasteiger partial charge in [-0.15, -0.1) is 0 Å². The summed E-state index contributed by atoms with van der Waals surface area (Å²) in [5, 5.41) is 0. The van der Waals surface area contributed by atoms with Gasteiger partial charge in [-0.05, 0) is 124 Å². The topological polar surface area (TPSA) is 87.3 Å². The van der Waals surface area contributed by atoms with Crippen molar-refractivity contribution in [2.24, 2.45) is 17.8 Å². The van der Waals surface area contributed by atoms with Crippen LogP contribution in [-0.4, -0.2) is 180 Å². The van der Waals surface area contributed by atoms with E-state index >= 15 is 0 Å². The highest BCUT2D eigenvalue weighted by Gasteiger charge is 2.19. The number of likely N-dealkylation sites (tertiary alicyclic amines) is 2. The monoisotopic (exact) mass is 868 g/mol. The Morgan fingerprint density at radius 1 is 0.557 bits per heavy atom. The van der Waals surface area contributed by atoms with E-state index in [9.17, 15) is 9.59 Å². The fraction of sp³-hybridized carbons (Fsp3) is 0.960. The lowest BCUT2D eigenvalue weighted by molar-refractivity contribution is -0.133. The van der Waals surface area contributed by atoms with Crippen molar-refractivity contribution in [3.05, 3.63) is 0 Å². The first kappa shape index (κ1) is 57.8. The van der Waals surface area contributed by atoms with Crippen LogP contribution in [0.25, 0.3) is 0 Å². The second-order valence-corrected chi connectivity index (χ2v) is 19.9. The Hall–Kier alpha value is -1.18. The molecule has 0 aromatic carbocycles. The summed E-state index contributed by atoms with van der Waals surface area (Å²) in [7, 11) is 2.11. The molecule has 0 atom stereocenters. The molecule has 1 aliphatic carbocycles. The van der Waals surface area contributed by atoms with Crippen molar-refractivity contribution in [1.82, 2.24) is 24.5 Å². The van der Waals surface area contributed by atoms with Crippen LogP contribution in [-0.2, 0) is 28.5 Å². The molecule has 5 aliphatic rings. The standard InChI is InChI=1S/C12H23NO.C11H22N2O.C9H19NO2.C9H19NO.C9H18O/c1-11(2)10-12(14)6-9-13-7-4-3-5-8-13;1-10(2)4-5-11(14)13-8-6-12(3)7-9-13;1-9(2)12-8-5-10-3-6-11-7-4-10;1-9(2)11-8-7-10-5-3-4-6-10;1-8(2)7-10-9-5-3-4-6-9/h11H,3-10H2,1-2H3;10H,4-9H2,1-3H3;9H,3-8H2,1-2H3;9H,3-8H2,1-2H3;8-9H,3-7H2,1-2H3. The maximum absolute atomic E-state index is 11.7. The highest BCUT2D eigenvalue weighted by molar-refractivity contribution is 5.78. The van der Waals surface area contributed by atoms with Gasteiger partial charge in [-0.1, -0.05) is 60.8 Å². The second kappa shape index (κ2) is 37.1. The Morgan fingerprint density at radius 3 is 1.52 bits per heavy atom. The maximum Gasteiger partial charge on any atom is 0.222 e. The molecule has 4 aliphatic heterocycles. The Morgan fingerprint density at radius 2 is 1.05 bits per heavy atom. The fourth-order valence-corrected chi connectivity index (χ4v) is 7.70. The number of carbonyl (C=O) groups is 2. The molecule has 0 spiro atoms. The third-order valence-electron chi connectivity index (χ3n) is 11.6.